The summed E-state index contributed by atoms with van der Waals surface area (Å²) in [5.41, 5.74) is 2.50. The van der Waals surface area contributed by atoms with Gasteiger partial charge in [0, 0.05) is 32.2 Å². The maximum atomic E-state index is 5.26. The Balaban J connectivity index is 3.91. The van der Waals surface area contributed by atoms with E-state index in [1.165, 1.54) is 0 Å². The van der Waals surface area contributed by atoms with Crippen molar-refractivity contribution in [2.24, 2.45) is 10.8 Å². The van der Waals surface area contributed by atoms with Crippen molar-refractivity contribution in [1.29, 1.82) is 0 Å². The van der Waals surface area contributed by atoms with Crippen LogP contribution >= 0.6 is 0 Å². The van der Waals surface area contributed by atoms with E-state index in [-0.39, 0.29) is 0 Å². The average molecular weight is 215 g/mol. The molecule has 4 N–H and O–H groups in total. The molecule has 90 valence electrons. The molecule has 0 radical (unpaired) electrons. The second-order valence-corrected chi connectivity index (χ2v) is 4.07. The fourth-order valence-corrected chi connectivity index (χ4v) is 1.61. The fourth-order valence-electron chi connectivity index (χ4n) is 1.61. The summed E-state index contributed by atoms with van der Waals surface area (Å²) in [6.45, 7) is 10.6. The predicted octanol–water partition coefficient (Wildman–Crippen LogP) is 0.144. The van der Waals surface area contributed by atoms with E-state index in [0.29, 0.717) is 18.0 Å². The van der Waals surface area contributed by atoms with Crippen molar-refractivity contribution in [1.82, 2.24) is 15.6 Å². The minimum absolute atomic E-state index is 0.555. The first-order chi connectivity index (χ1) is 7.02. The largest absolute Gasteiger partial charge is 0.354 e. The predicted molar refractivity (Wildman–Crippen MR) is 65.7 cm³/mol. The van der Waals surface area contributed by atoms with Gasteiger partial charge in [0.15, 0.2) is 0 Å². The molecule has 0 saturated heterocycles. The summed E-state index contributed by atoms with van der Waals surface area (Å²) >= 11 is 0. The van der Waals surface area contributed by atoms with Gasteiger partial charge in [-0.2, -0.15) is 0 Å². The topological polar surface area (TPSA) is 65.7 Å². The lowest BCUT2D eigenvalue weighted by Crippen LogP contribution is -2.46. The van der Waals surface area contributed by atoms with Crippen molar-refractivity contribution in [2.45, 2.75) is 39.8 Å². The minimum Gasteiger partial charge on any atom is -0.354 e. The van der Waals surface area contributed by atoms with Crippen molar-refractivity contribution in [3.63, 3.8) is 0 Å². The van der Waals surface area contributed by atoms with Gasteiger partial charge in [-0.1, -0.05) is 0 Å². The average Bonchev–Trinajstić information content (AvgIpc) is 2.17. The Morgan fingerprint density at radius 1 is 1.27 bits per heavy atom. The van der Waals surface area contributed by atoms with Crippen LogP contribution in [-0.2, 0) is 0 Å². The van der Waals surface area contributed by atoms with E-state index in [9.17, 15) is 0 Å². The van der Waals surface area contributed by atoms with Crippen molar-refractivity contribution < 1.29 is 0 Å². The van der Waals surface area contributed by atoms with Crippen LogP contribution in [0.5, 0.6) is 0 Å². The van der Waals surface area contributed by atoms with E-state index in [1.54, 1.807) is 7.05 Å². The van der Waals surface area contributed by atoms with E-state index in [4.69, 9.17) is 5.84 Å². The van der Waals surface area contributed by atoms with E-state index in [2.05, 4.69) is 48.3 Å². The Kier molecular flexibility index (Phi) is 7.07. The molecule has 0 atom stereocenters. The van der Waals surface area contributed by atoms with Crippen molar-refractivity contribution in [3.05, 3.63) is 0 Å². The standard InChI is InChI=1S/C10H25N5/c1-8(2)15(9(3)4)7-6-13-10(12-5)14-11/h8-9H,6-7,11H2,1-5H3,(H2,12,13,14). The Morgan fingerprint density at radius 2 is 1.80 bits per heavy atom. The third kappa shape index (κ3) is 5.59. The number of hydrogen-bond donors (Lipinski definition) is 3. The van der Waals surface area contributed by atoms with Gasteiger partial charge in [-0.3, -0.25) is 15.3 Å². The van der Waals surface area contributed by atoms with Crippen LogP contribution in [0.2, 0.25) is 0 Å². The van der Waals surface area contributed by atoms with Gasteiger partial charge in [-0.15, -0.1) is 0 Å². The summed E-state index contributed by atoms with van der Waals surface area (Å²) in [5.74, 6) is 5.89. The number of guanidine groups is 1. The number of nitrogens with zero attached hydrogens (tertiary/aromatic N) is 2. The van der Waals surface area contributed by atoms with Gasteiger partial charge in [0.2, 0.25) is 5.96 Å². The molecule has 0 aliphatic rings. The Bertz CT molecular complexity index is 180. The molecular weight excluding hydrogens is 190 g/mol. The molecule has 5 nitrogen and oxygen atoms in total. The lowest BCUT2D eigenvalue weighted by molar-refractivity contribution is 0.178. The molecule has 0 rings (SSSR count). The maximum Gasteiger partial charge on any atom is 0.205 e. The van der Waals surface area contributed by atoms with Crippen LogP contribution in [0, 0.1) is 0 Å². The quantitative estimate of drug-likeness (QED) is 0.264. The summed E-state index contributed by atoms with van der Waals surface area (Å²) in [5, 5.41) is 3.13. The Morgan fingerprint density at radius 3 is 2.13 bits per heavy atom. The Hall–Kier alpha value is -0.810. The van der Waals surface area contributed by atoms with E-state index < -0.39 is 0 Å². The van der Waals surface area contributed by atoms with Crippen molar-refractivity contribution in [2.75, 3.05) is 20.1 Å². The van der Waals surface area contributed by atoms with Gasteiger partial charge in [-0.25, -0.2) is 5.84 Å². The number of nitrogens with one attached hydrogen (secondary N) is 2. The normalized spacial score (nSPS) is 12.7. The number of aliphatic imine (C=N–C) groups is 1. The zero-order valence-electron chi connectivity index (χ0n) is 10.5. The summed E-state index contributed by atoms with van der Waals surface area (Å²) in [6.07, 6.45) is 0. The molecule has 0 aromatic carbocycles. The molecular formula is C10H25N5. The van der Waals surface area contributed by atoms with Gasteiger partial charge in [0.25, 0.3) is 0 Å². The molecule has 0 bridgehead atoms. The molecule has 0 spiro atoms. The molecule has 0 fully saturated rings. The van der Waals surface area contributed by atoms with Gasteiger partial charge in [0.1, 0.15) is 0 Å². The number of nitrogens with two attached hydrogens (primary N) is 1. The molecule has 0 amide bonds. The second-order valence-electron chi connectivity index (χ2n) is 4.07. The SMILES string of the molecule is CN=C(NN)NCCN(C(C)C)C(C)C. The van der Waals surface area contributed by atoms with E-state index >= 15 is 0 Å². The monoisotopic (exact) mass is 215 g/mol. The molecule has 0 aromatic rings. The van der Waals surface area contributed by atoms with Crippen LogP contribution in [0.25, 0.3) is 0 Å². The van der Waals surface area contributed by atoms with Gasteiger partial charge < -0.3 is 5.32 Å². The van der Waals surface area contributed by atoms with Gasteiger partial charge >= 0.3 is 0 Å². The first kappa shape index (κ1) is 14.2. The van der Waals surface area contributed by atoms with Gasteiger partial charge in [0.05, 0.1) is 0 Å². The zero-order valence-corrected chi connectivity index (χ0v) is 10.5. The van der Waals surface area contributed by atoms with E-state index in [1.807, 2.05) is 0 Å². The van der Waals surface area contributed by atoms with Gasteiger partial charge in [-0.05, 0) is 27.7 Å². The van der Waals surface area contributed by atoms with Crippen LogP contribution in [0.15, 0.2) is 4.99 Å². The van der Waals surface area contributed by atoms with Crippen LogP contribution in [0.1, 0.15) is 27.7 Å². The third-order valence-electron chi connectivity index (χ3n) is 2.35. The third-order valence-corrected chi connectivity index (χ3v) is 2.35. The summed E-state index contributed by atoms with van der Waals surface area (Å²) in [7, 11) is 1.70. The highest BCUT2D eigenvalue weighted by atomic mass is 15.3. The van der Waals surface area contributed by atoms with Crippen molar-refractivity contribution in [3.8, 4) is 0 Å². The zero-order chi connectivity index (χ0) is 11.8. The fraction of sp³-hybridized carbons (Fsp3) is 0.900. The molecule has 0 aliphatic carbocycles. The smallest absolute Gasteiger partial charge is 0.205 e. The lowest BCUT2D eigenvalue weighted by Gasteiger charge is -2.30. The minimum atomic E-state index is 0.555. The van der Waals surface area contributed by atoms with E-state index in [0.717, 1.165) is 13.1 Å². The van der Waals surface area contributed by atoms with Crippen LogP contribution in [-0.4, -0.2) is 43.1 Å². The number of hydrogen-bond acceptors (Lipinski definition) is 3. The molecule has 15 heavy (non-hydrogen) atoms. The molecule has 0 saturated carbocycles. The highest BCUT2D eigenvalue weighted by molar-refractivity contribution is 5.78. The lowest BCUT2D eigenvalue weighted by atomic mass is 10.2. The van der Waals surface area contributed by atoms with Crippen LogP contribution in [0.3, 0.4) is 0 Å². The molecule has 0 unspecified atom stereocenters. The number of hydrazine groups is 1. The molecule has 5 heteroatoms. The number of rotatable bonds is 5. The second kappa shape index (κ2) is 7.48. The molecule has 0 aliphatic heterocycles. The first-order valence-corrected chi connectivity index (χ1v) is 5.46. The molecule has 0 heterocycles. The maximum absolute atomic E-state index is 5.26. The van der Waals surface area contributed by atoms with Crippen molar-refractivity contribution >= 4 is 5.96 Å². The van der Waals surface area contributed by atoms with Crippen LogP contribution in [0.4, 0.5) is 0 Å². The highest BCUT2D eigenvalue weighted by Gasteiger charge is 2.12. The summed E-state index contributed by atoms with van der Waals surface area (Å²) < 4.78 is 0. The summed E-state index contributed by atoms with van der Waals surface area (Å²) in [6, 6.07) is 1.11. The summed E-state index contributed by atoms with van der Waals surface area (Å²) in [4.78, 5) is 6.36. The first-order valence-electron chi connectivity index (χ1n) is 5.46. The Labute approximate surface area is 93.1 Å². The molecule has 0 aromatic heterocycles. The van der Waals surface area contributed by atoms with Crippen LogP contribution < -0.4 is 16.6 Å². The highest BCUT2D eigenvalue weighted by Crippen LogP contribution is 2.02.